The van der Waals surface area contributed by atoms with Gasteiger partial charge in [-0.25, -0.2) is 13.2 Å². The molecule has 100 valence electrons. The molecule has 2 rings (SSSR count). The molecule has 0 aliphatic carbocycles. The molecule has 19 heavy (non-hydrogen) atoms. The van der Waals surface area contributed by atoms with Gasteiger partial charge in [-0.3, -0.25) is 4.98 Å². The molecule has 0 amide bonds. The maximum atomic E-state index is 13.4. The number of aromatic nitrogens is 1. The van der Waals surface area contributed by atoms with Gasteiger partial charge in [-0.15, -0.1) is 0 Å². The summed E-state index contributed by atoms with van der Waals surface area (Å²) in [6.45, 7) is 1.99. The molecule has 1 atom stereocenters. The van der Waals surface area contributed by atoms with Gasteiger partial charge < -0.3 is 5.32 Å². The number of hydrogen-bond acceptors (Lipinski definition) is 2. The van der Waals surface area contributed by atoms with Crippen LogP contribution in [0.3, 0.4) is 0 Å². The summed E-state index contributed by atoms with van der Waals surface area (Å²) in [5, 5.41) is 3.01. The Morgan fingerprint density at radius 1 is 1.11 bits per heavy atom. The average molecular weight is 266 g/mol. The lowest BCUT2D eigenvalue weighted by molar-refractivity contribution is 0.526. The number of nitrogens with zero attached hydrogens (tertiary/aromatic N) is 1. The van der Waals surface area contributed by atoms with Gasteiger partial charge in [0.05, 0.1) is 11.9 Å². The molecule has 1 aromatic heterocycles. The third-order valence-electron chi connectivity index (χ3n) is 2.80. The summed E-state index contributed by atoms with van der Waals surface area (Å²) in [6.07, 6.45) is 1.12. The van der Waals surface area contributed by atoms with Crippen molar-refractivity contribution < 1.29 is 13.2 Å². The minimum atomic E-state index is -0.481. The molecular weight excluding hydrogens is 253 g/mol. The van der Waals surface area contributed by atoms with Crippen LogP contribution in [0.5, 0.6) is 0 Å². The van der Waals surface area contributed by atoms with Crippen molar-refractivity contribution in [3.8, 4) is 0 Å². The normalized spacial score (nSPS) is 12.4. The largest absolute Gasteiger partial charge is 0.305 e. The first-order valence-corrected chi connectivity index (χ1v) is 5.85. The molecular formula is C14H13F3N2. The van der Waals surface area contributed by atoms with Crippen molar-refractivity contribution in [2.45, 2.75) is 19.5 Å². The number of halogens is 3. The molecule has 0 radical (unpaired) electrons. The lowest BCUT2D eigenvalue weighted by Crippen LogP contribution is -2.19. The Morgan fingerprint density at radius 3 is 2.53 bits per heavy atom. The molecule has 0 aliphatic heterocycles. The first-order chi connectivity index (χ1) is 9.06. The summed E-state index contributed by atoms with van der Waals surface area (Å²) in [6, 6.07) is 5.98. The second-order valence-corrected chi connectivity index (χ2v) is 4.24. The lowest BCUT2D eigenvalue weighted by atomic mass is 10.1. The Labute approximate surface area is 109 Å². The highest BCUT2D eigenvalue weighted by molar-refractivity contribution is 5.19. The van der Waals surface area contributed by atoms with Crippen LogP contribution < -0.4 is 5.32 Å². The van der Waals surface area contributed by atoms with Crippen LogP contribution in [-0.2, 0) is 6.54 Å². The van der Waals surface area contributed by atoms with Crippen molar-refractivity contribution in [1.29, 1.82) is 0 Å². The van der Waals surface area contributed by atoms with Crippen LogP contribution in [0.2, 0.25) is 0 Å². The van der Waals surface area contributed by atoms with Crippen molar-refractivity contribution in [1.82, 2.24) is 10.3 Å². The van der Waals surface area contributed by atoms with Crippen LogP contribution in [0, 0.1) is 17.5 Å². The van der Waals surface area contributed by atoms with Gasteiger partial charge in [0.1, 0.15) is 17.5 Å². The predicted octanol–water partition coefficient (Wildman–Crippen LogP) is 3.35. The Kier molecular flexibility index (Phi) is 4.16. The molecule has 5 heteroatoms. The van der Waals surface area contributed by atoms with E-state index in [1.807, 2.05) is 6.92 Å². The van der Waals surface area contributed by atoms with E-state index in [9.17, 15) is 13.2 Å². The number of benzene rings is 1. The van der Waals surface area contributed by atoms with Gasteiger partial charge in [0, 0.05) is 18.2 Å². The fraction of sp³-hybridized carbons (Fsp3) is 0.214. The zero-order valence-corrected chi connectivity index (χ0v) is 10.3. The summed E-state index contributed by atoms with van der Waals surface area (Å²) in [5.41, 5.74) is 0.882. The van der Waals surface area contributed by atoms with Gasteiger partial charge in [-0.2, -0.15) is 0 Å². The second-order valence-electron chi connectivity index (χ2n) is 4.24. The van der Waals surface area contributed by atoms with Crippen LogP contribution in [-0.4, -0.2) is 4.98 Å². The van der Waals surface area contributed by atoms with E-state index in [1.165, 1.54) is 6.07 Å². The highest BCUT2D eigenvalue weighted by atomic mass is 19.1. The summed E-state index contributed by atoms with van der Waals surface area (Å²) in [7, 11) is 0. The van der Waals surface area contributed by atoms with Crippen molar-refractivity contribution in [2.75, 3.05) is 0 Å². The van der Waals surface area contributed by atoms with Crippen molar-refractivity contribution in [2.24, 2.45) is 0 Å². The Morgan fingerprint density at radius 2 is 1.84 bits per heavy atom. The van der Waals surface area contributed by atoms with E-state index in [0.29, 0.717) is 5.69 Å². The summed E-state index contributed by atoms with van der Waals surface area (Å²) in [5.74, 6) is -1.36. The minimum Gasteiger partial charge on any atom is -0.305 e. The molecule has 0 spiro atoms. The molecule has 2 nitrogen and oxygen atoms in total. The quantitative estimate of drug-likeness (QED) is 0.918. The molecule has 1 aromatic carbocycles. The minimum absolute atomic E-state index is 0.170. The molecule has 0 fully saturated rings. The van der Waals surface area contributed by atoms with Gasteiger partial charge in [0.2, 0.25) is 0 Å². The van der Waals surface area contributed by atoms with Gasteiger partial charge in [0.15, 0.2) is 0 Å². The van der Waals surface area contributed by atoms with Crippen molar-refractivity contribution in [3.05, 3.63) is 65.2 Å². The Bertz CT molecular complexity index is 555. The van der Waals surface area contributed by atoms with E-state index < -0.39 is 17.5 Å². The molecule has 2 aromatic rings. The summed E-state index contributed by atoms with van der Waals surface area (Å²) >= 11 is 0. The average Bonchev–Trinajstić information content (AvgIpc) is 2.40. The number of hydrogen-bond donors (Lipinski definition) is 1. The van der Waals surface area contributed by atoms with E-state index >= 15 is 0 Å². The second kappa shape index (κ2) is 5.84. The summed E-state index contributed by atoms with van der Waals surface area (Å²) in [4.78, 5) is 3.93. The zero-order chi connectivity index (χ0) is 13.8. The summed E-state index contributed by atoms with van der Waals surface area (Å²) < 4.78 is 39.1. The number of pyridine rings is 1. The first kappa shape index (κ1) is 13.5. The lowest BCUT2D eigenvalue weighted by Gasteiger charge is -2.13. The van der Waals surface area contributed by atoms with E-state index in [4.69, 9.17) is 0 Å². The van der Waals surface area contributed by atoms with E-state index in [-0.39, 0.29) is 18.2 Å². The molecule has 0 bridgehead atoms. The maximum absolute atomic E-state index is 13.4. The highest BCUT2D eigenvalue weighted by Crippen LogP contribution is 2.13. The van der Waals surface area contributed by atoms with Gasteiger partial charge in [-0.1, -0.05) is 0 Å². The molecule has 0 saturated carbocycles. The van der Waals surface area contributed by atoms with E-state index in [0.717, 1.165) is 24.4 Å². The topological polar surface area (TPSA) is 24.9 Å². The molecule has 1 unspecified atom stereocenters. The Balaban J connectivity index is 2.02. The third-order valence-corrected chi connectivity index (χ3v) is 2.80. The van der Waals surface area contributed by atoms with Crippen LogP contribution in [0.15, 0.2) is 36.5 Å². The zero-order valence-electron chi connectivity index (χ0n) is 10.3. The number of nitrogens with one attached hydrogen (secondary N) is 1. The monoisotopic (exact) mass is 266 g/mol. The maximum Gasteiger partial charge on any atom is 0.141 e. The standard InChI is InChI=1S/C14H13F3N2/c1-9(14-5-3-12(16)8-19-14)18-7-10-6-11(15)2-4-13(10)17/h2-6,8-9,18H,7H2,1H3. The van der Waals surface area contributed by atoms with Gasteiger partial charge in [0.25, 0.3) is 0 Å². The van der Waals surface area contributed by atoms with E-state index in [1.54, 1.807) is 6.07 Å². The molecule has 1 N–H and O–H groups in total. The van der Waals surface area contributed by atoms with Gasteiger partial charge in [-0.05, 0) is 37.3 Å². The van der Waals surface area contributed by atoms with Crippen LogP contribution in [0.1, 0.15) is 24.2 Å². The molecule has 0 saturated heterocycles. The smallest absolute Gasteiger partial charge is 0.141 e. The first-order valence-electron chi connectivity index (χ1n) is 5.85. The predicted molar refractivity (Wildman–Crippen MR) is 65.8 cm³/mol. The third kappa shape index (κ3) is 3.54. The fourth-order valence-corrected chi connectivity index (χ4v) is 1.69. The molecule has 0 aliphatic rings. The van der Waals surface area contributed by atoms with E-state index in [2.05, 4.69) is 10.3 Å². The van der Waals surface area contributed by atoms with Crippen LogP contribution in [0.25, 0.3) is 0 Å². The van der Waals surface area contributed by atoms with Gasteiger partial charge >= 0.3 is 0 Å². The van der Waals surface area contributed by atoms with Crippen LogP contribution >= 0.6 is 0 Å². The van der Waals surface area contributed by atoms with Crippen molar-refractivity contribution >= 4 is 0 Å². The molecule has 1 heterocycles. The van der Waals surface area contributed by atoms with Crippen LogP contribution in [0.4, 0.5) is 13.2 Å². The SMILES string of the molecule is CC(NCc1cc(F)ccc1F)c1ccc(F)cn1. The Hall–Kier alpha value is -1.88. The fourth-order valence-electron chi connectivity index (χ4n) is 1.69. The number of rotatable bonds is 4. The van der Waals surface area contributed by atoms with Crippen molar-refractivity contribution in [3.63, 3.8) is 0 Å². The highest BCUT2D eigenvalue weighted by Gasteiger charge is 2.09.